The number of halogens is 2. The van der Waals surface area contributed by atoms with E-state index in [1.807, 2.05) is 0 Å². The maximum absolute atomic E-state index is 15.8. The van der Waals surface area contributed by atoms with Gasteiger partial charge >= 0.3 is 19.4 Å². The van der Waals surface area contributed by atoms with E-state index in [2.05, 4.69) is 10.1 Å². The van der Waals surface area contributed by atoms with Crippen LogP contribution in [0, 0.1) is 0 Å². The number of nitrogen functional groups attached to an aromatic ring is 1. The van der Waals surface area contributed by atoms with Crippen LogP contribution < -0.4 is 21.0 Å². The normalized spacial score (nSPS) is 17.3. The van der Waals surface area contributed by atoms with E-state index in [1.165, 1.54) is 19.1 Å². The number of nitrogens with two attached hydrogens (primary N) is 1. The van der Waals surface area contributed by atoms with Gasteiger partial charge in [0, 0.05) is 6.20 Å². The number of hydrogen-bond donors (Lipinski definition) is 3. The summed E-state index contributed by atoms with van der Waals surface area (Å²) in [5, 5.41) is 12.4. The molecule has 0 saturated heterocycles. The van der Waals surface area contributed by atoms with Crippen LogP contribution in [-0.4, -0.2) is 58.0 Å². The maximum Gasteiger partial charge on any atom is 0.459 e. The van der Waals surface area contributed by atoms with Gasteiger partial charge in [-0.05, 0) is 45.9 Å². The van der Waals surface area contributed by atoms with Crippen molar-refractivity contribution >= 4 is 19.5 Å². The van der Waals surface area contributed by atoms with Crippen LogP contribution in [0.3, 0.4) is 0 Å². The van der Waals surface area contributed by atoms with Gasteiger partial charge in [-0.15, -0.1) is 0 Å². The van der Waals surface area contributed by atoms with E-state index in [1.54, 1.807) is 32.0 Å². The molecule has 2 aromatic rings. The first-order valence-electron chi connectivity index (χ1n) is 11.2. The second-order valence-electron chi connectivity index (χ2n) is 8.24. The summed E-state index contributed by atoms with van der Waals surface area (Å²) in [5.41, 5.74) is 4.38. The van der Waals surface area contributed by atoms with Gasteiger partial charge in [0.05, 0.1) is 6.10 Å². The highest BCUT2D eigenvalue weighted by atomic mass is 31.2. The van der Waals surface area contributed by atoms with Gasteiger partial charge in [0.1, 0.15) is 37.0 Å². The number of esters is 1. The molecule has 1 heterocycles. The molecule has 0 aliphatic rings. The van der Waals surface area contributed by atoms with Crippen molar-refractivity contribution in [2.24, 2.45) is 0 Å². The molecule has 0 aliphatic heterocycles. The van der Waals surface area contributed by atoms with E-state index in [9.17, 15) is 23.7 Å². The number of hydrogen-bond acceptors (Lipinski definition) is 10. The molecule has 206 valence electrons. The van der Waals surface area contributed by atoms with Gasteiger partial charge in [0.15, 0.2) is 6.23 Å². The first-order chi connectivity index (χ1) is 17.3. The van der Waals surface area contributed by atoms with Crippen LogP contribution in [-0.2, 0) is 23.4 Å². The molecule has 1 aromatic heterocycles. The molecule has 37 heavy (non-hydrogen) atoms. The van der Waals surface area contributed by atoms with Crippen molar-refractivity contribution in [1.29, 1.82) is 0 Å². The Hall–Kier alpha value is -2.90. The summed E-state index contributed by atoms with van der Waals surface area (Å²) in [6.45, 7) is 2.85. The van der Waals surface area contributed by atoms with Gasteiger partial charge in [-0.2, -0.15) is 10.1 Å². The van der Waals surface area contributed by atoms with Gasteiger partial charge in [-0.25, -0.2) is 18.1 Å². The van der Waals surface area contributed by atoms with Gasteiger partial charge in [-0.1, -0.05) is 18.2 Å². The van der Waals surface area contributed by atoms with E-state index in [0.29, 0.717) is 4.57 Å². The number of rotatable bonds is 14. The third-order valence-corrected chi connectivity index (χ3v) is 6.33. The standard InChI is InChI=1S/C22H31F2N4O8P/c1-14(2)34-20(30)15(3)27-37(32,36-17-8-6-5-7-9-17)33-13-22(24,16(4)29)35-19(12-23)28-11-10-18(25)26-21(28)31/h5-11,14-16,19,29H,12-13H2,1-4H3,(H,27,32)(H2,25,26,31)/t15-,16-,19+,22+,37?/m0/s1. The Kier molecular flexibility index (Phi) is 10.7. The molecule has 0 saturated carbocycles. The first kappa shape index (κ1) is 30.3. The van der Waals surface area contributed by atoms with E-state index in [-0.39, 0.29) is 11.6 Å². The van der Waals surface area contributed by atoms with E-state index in [0.717, 1.165) is 19.2 Å². The molecule has 4 N–H and O–H groups in total. The molecule has 0 aliphatic carbocycles. The van der Waals surface area contributed by atoms with Crippen LogP contribution in [0.5, 0.6) is 5.75 Å². The first-order valence-corrected chi connectivity index (χ1v) is 12.8. The summed E-state index contributed by atoms with van der Waals surface area (Å²) in [6, 6.07) is 7.60. The molecule has 0 fully saturated rings. The fourth-order valence-corrected chi connectivity index (χ4v) is 4.30. The second kappa shape index (κ2) is 13.1. The number of carbonyl (C=O) groups excluding carboxylic acids is 1. The van der Waals surface area contributed by atoms with Gasteiger partial charge in [0.2, 0.25) is 0 Å². The molecular formula is C22H31F2N4O8P. The number of para-hydroxylation sites is 1. The van der Waals surface area contributed by atoms with Crippen molar-refractivity contribution in [2.75, 3.05) is 19.0 Å². The summed E-state index contributed by atoms with van der Waals surface area (Å²) in [5.74, 6) is -4.09. The molecule has 5 atom stereocenters. The Balaban J connectivity index is 2.30. The van der Waals surface area contributed by atoms with Gasteiger partial charge in [-0.3, -0.25) is 13.9 Å². The molecule has 12 nitrogen and oxygen atoms in total. The summed E-state index contributed by atoms with van der Waals surface area (Å²) >= 11 is 0. The van der Waals surface area contributed by atoms with Crippen LogP contribution in [0.2, 0.25) is 0 Å². The predicted molar refractivity (Wildman–Crippen MR) is 129 cm³/mol. The average Bonchev–Trinajstić information content (AvgIpc) is 2.81. The van der Waals surface area contributed by atoms with Crippen molar-refractivity contribution in [2.45, 2.75) is 58.0 Å². The van der Waals surface area contributed by atoms with Crippen LogP contribution >= 0.6 is 7.75 Å². The fraction of sp³-hybridized carbons (Fsp3) is 0.500. The topological polar surface area (TPSA) is 164 Å². The zero-order valence-electron chi connectivity index (χ0n) is 20.7. The molecule has 0 amide bonds. The molecule has 1 unspecified atom stereocenters. The molecule has 0 radical (unpaired) electrons. The van der Waals surface area contributed by atoms with E-state index in [4.69, 9.17) is 24.3 Å². The third-order valence-electron chi connectivity index (χ3n) is 4.71. The number of benzene rings is 1. The molecule has 2 rings (SSSR count). The maximum atomic E-state index is 15.8. The van der Waals surface area contributed by atoms with Gasteiger partial charge in [0.25, 0.3) is 5.85 Å². The Morgan fingerprint density at radius 2 is 1.89 bits per heavy atom. The monoisotopic (exact) mass is 548 g/mol. The Labute approximate surface area is 212 Å². The minimum absolute atomic E-state index is 0.0475. The lowest BCUT2D eigenvalue weighted by atomic mass is 10.2. The Morgan fingerprint density at radius 3 is 2.43 bits per heavy atom. The number of alkyl halides is 2. The number of ether oxygens (including phenoxy) is 2. The minimum atomic E-state index is -4.54. The number of nitrogens with one attached hydrogen (secondary N) is 1. The lowest BCUT2D eigenvalue weighted by molar-refractivity contribution is -0.260. The number of aromatic nitrogens is 2. The second-order valence-corrected chi connectivity index (χ2v) is 9.94. The molecular weight excluding hydrogens is 517 g/mol. The average molecular weight is 548 g/mol. The van der Waals surface area contributed by atoms with Crippen molar-refractivity contribution < 1.29 is 41.8 Å². The van der Waals surface area contributed by atoms with E-state index >= 15 is 4.39 Å². The van der Waals surface area contributed by atoms with Crippen molar-refractivity contribution in [3.63, 3.8) is 0 Å². The van der Waals surface area contributed by atoms with E-state index < -0.39 is 63.0 Å². The molecule has 1 aromatic carbocycles. The summed E-state index contributed by atoms with van der Waals surface area (Å²) in [4.78, 5) is 27.7. The zero-order chi connectivity index (χ0) is 27.8. The highest BCUT2D eigenvalue weighted by molar-refractivity contribution is 7.52. The smallest absolute Gasteiger partial charge is 0.459 e. The summed E-state index contributed by atoms with van der Waals surface area (Å²) in [7, 11) is -4.54. The molecule has 0 spiro atoms. The summed E-state index contributed by atoms with van der Waals surface area (Å²) in [6.07, 6.45) is -3.29. The SMILES string of the molecule is CC(C)OC(=O)[C@H](C)NP(=O)(OC[C@@](F)(O[C@H](CF)n1ccc(N)nc1=O)[C@H](C)O)Oc1ccccc1. The number of anilines is 1. The third kappa shape index (κ3) is 8.86. The Morgan fingerprint density at radius 1 is 1.24 bits per heavy atom. The number of aliphatic hydroxyl groups is 1. The molecule has 0 bridgehead atoms. The Bertz CT molecular complexity index is 1140. The van der Waals surface area contributed by atoms with Gasteiger partial charge < -0.3 is 24.8 Å². The summed E-state index contributed by atoms with van der Waals surface area (Å²) < 4.78 is 64.5. The number of aliphatic hydroxyl groups excluding tert-OH is 1. The molecule has 15 heteroatoms. The van der Waals surface area contributed by atoms with Crippen LogP contribution in [0.25, 0.3) is 0 Å². The number of carbonyl (C=O) groups is 1. The fourth-order valence-electron chi connectivity index (χ4n) is 2.79. The van der Waals surface area contributed by atoms with Crippen molar-refractivity contribution in [3.05, 3.63) is 53.1 Å². The minimum Gasteiger partial charge on any atom is -0.462 e. The lowest BCUT2D eigenvalue weighted by Gasteiger charge is -2.33. The van der Waals surface area contributed by atoms with Crippen LogP contribution in [0.1, 0.15) is 33.9 Å². The largest absolute Gasteiger partial charge is 0.462 e. The quantitative estimate of drug-likeness (QED) is 0.235. The highest BCUT2D eigenvalue weighted by Crippen LogP contribution is 2.46. The van der Waals surface area contributed by atoms with Crippen LogP contribution in [0.15, 0.2) is 47.4 Å². The number of nitrogens with zero attached hydrogens (tertiary/aromatic N) is 2. The zero-order valence-corrected chi connectivity index (χ0v) is 21.6. The highest BCUT2D eigenvalue weighted by Gasteiger charge is 2.44. The van der Waals surface area contributed by atoms with Crippen LogP contribution in [0.4, 0.5) is 14.6 Å². The predicted octanol–water partition coefficient (Wildman–Crippen LogP) is 2.49. The van der Waals surface area contributed by atoms with Crippen molar-refractivity contribution in [1.82, 2.24) is 14.6 Å². The lowest BCUT2D eigenvalue weighted by Crippen LogP contribution is -2.47. The van der Waals surface area contributed by atoms with Crippen molar-refractivity contribution in [3.8, 4) is 5.75 Å².